The van der Waals surface area contributed by atoms with Crippen molar-refractivity contribution < 1.29 is 14.6 Å². The van der Waals surface area contributed by atoms with Gasteiger partial charge in [-0.05, 0) is 38.1 Å². The van der Waals surface area contributed by atoms with Crippen LogP contribution in [0.4, 0.5) is 0 Å². The van der Waals surface area contributed by atoms with Crippen LogP contribution in [-0.2, 0) is 6.54 Å². The van der Waals surface area contributed by atoms with Crippen LogP contribution < -0.4 is 4.74 Å². The monoisotopic (exact) mass is 486 g/mol. The predicted molar refractivity (Wildman–Crippen MR) is 134 cm³/mol. The van der Waals surface area contributed by atoms with Crippen molar-refractivity contribution >= 4 is 5.91 Å². The van der Waals surface area contributed by atoms with Crippen LogP contribution >= 0.6 is 0 Å². The Morgan fingerprint density at radius 3 is 2.75 bits per heavy atom. The van der Waals surface area contributed by atoms with E-state index in [0.29, 0.717) is 36.5 Å². The molecule has 0 aromatic carbocycles. The molecule has 3 atom stereocenters. The van der Waals surface area contributed by atoms with Gasteiger partial charge in [-0.15, -0.1) is 0 Å². The maximum atomic E-state index is 13.5. The predicted octanol–water partition coefficient (Wildman–Crippen LogP) is 2.02. The molecule has 9 nitrogen and oxygen atoms in total. The molecule has 4 heterocycles. The second-order valence-corrected chi connectivity index (χ2v) is 9.11. The van der Waals surface area contributed by atoms with Gasteiger partial charge in [0.1, 0.15) is 23.7 Å². The molecule has 186 valence electrons. The molecular formula is C27H30N6O3. The highest BCUT2D eigenvalue weighted by Crippen LogP contribution is 2.27. The Morgan fingerprint density at radius 1 is 1.22 bits per heavy atom. The highest BCUT2D eigenvalue weighted by Gasteiger charge is 2.34. The Labute approximate surface area is 211 Å². The minimum absolute atomic E-state index is 0.00371. The molecule has 0 radical (unpaired) electrons. The van der Waals surface area contributed by atoms with Crippen molar-refractivity contribution in [1.29, 1.82) is 0 Å². The summed E-state index contributed by atoms with van der Waals surface area (Å²) in [4.78, 5) is 34.2. The lowest BCUT2D eigenvalue weighted by Crippen LogP contribution is -2.49. The van der Waals surface area contributed by atoms with Crippen molar-refractivity contribution in [3.63, 3.8) is 0 Å². The molecule has 3 aromatic rings. The number of fused-ring (bicyclic) bond motifs is 1. The van der Waals surface area contributed by atoms with E-state index in [0.717, 1.165) is 5.56 Å². The zero-order chi connectivity index (χ0) is 25.5. The van der Waals surface area contributed by atoms with Crippen LogP contribution in [0.3, 0.4) is 0 Å². The van der Waals surface area contributed by atoms with Crippen molar-refractivity contribution in [3.8, 4) is 17.7 Å². The van der Waals surface area contributed by atoms with Crippen molar-refractivity contribution in [2.45, 2.75) is 32.5 Å². The van der Waals surface area contributed by atoms with Gasteiger partial charge in [0.25, 0.3) is 5.91 Å². The van der Waals surface area contributed by atoms with E-state index in [1.165, 1.54) is 6.33 Å². The maximum Gasteiger partial charge on any atom is 0.259 e. The molecule has 0 saturated carbocycles. The average Bonchev–Trinajstić information content (AvgIpc) is 2.90. The molecule has 1 N–H and O–H groups in total. The third kappa shape index (κ3) is 6.22. The molecule has 1 aliphatic rings. The Kier molecular flexibility index (Phi) is 8.21. The summed E-state index contributed by atoms with van der Waals surface area (Å²) >= 11 is 0. The summed E-state index contributed by atoms with van der Waals surface area (Å²) in [5, 5.41) is 9.85. The number of carbonyl (C=O) groups excluding carboxylic acids is 1. The molecule has 0 unspecified atom stereocenters. The number of amides is 1. The smallest absolute Gasteiger partial charge is 0.259 e. The van der Waals surface area contributed by atoms with Crippen LogP contribution in [0.1, 0.15) is 41.0 Å². The van der Waals surface area contributed by atoms with E-state index in [9.17, 15) is 9.90 Å². The van der Waals surface area contributed by atoms with Gasteiger partial charge < -0.3 is 14.7 Å². The molecule has 0 fully saturated rings. The third-order valence-electron chi connectivity index (χ3n) is 6.08. The Bertz CT molecular complexity index is 1230. The van der Waals surface area contributed by atoms with E-state index in [4.69, 9.17) is 4.74 Å². The van der Waals surface area contributed by atoms with E-state index in [1.807, 2.05) is 39.1 Å². The summed E-state index contributed by atoms with van der Waals surface area (Å²) < 4.78 is 6.35. The summed E-state index contributed by atoms with van der Waals surface area (Å²) in [6.45, 7) is 5.45. The van der Waals surface area contributed by atoms with Crippen LogP contribution in [0, 0.1) is 17.8 Å². The summed E-state index contributed by atoms with van der Waals surface area (Å²) in [5.41, 5.74) is 2.54. The van der Waals surface area contributed by atoms with Crippen molar-refractivity contribution in [3.05, 3.63) is 77.8 Å². The molecule has 3 aromatic heterocycles. The molecule has 0 saturated heterocycles. The van der Waals surface area contributed by atoms with Crippen LogP contribution in [0.5, 0.6) is 5.88 Å². The number of aliphatic hydroxyl groups excluding tert-OH is 1. The number of nitrogens with zero attached hydrogens (tertiary/aromatic N) is 6. The van der Waals surface area contributed by atoms with Gasteiger partial charge in [0.15, 0.2) is 0 Å². The summed E-state index contributed by atoms with van der Waals surface area (Å²) in [6.07, 6.45) is 8.14. The minimum Gasteiger partial charge on any atom is -0.472 e. The fourth-order valence-electron chi connectivity index (χ4n) is 4.06. The van der Waals surface area contributed by atoms with Crippen molar-refractivity contribution in [1.82, 2.24) is 29.7 Å². The number of carbonyl (C=O) groups is 1. The number of ether oxygens (including phenoxy) is 1. The summed E-state index contributed by atoms with van der Waals surface area (Å²) in [5.74, 6) is 6.06. The SMILES string of the molecule is C[C@@H]1CN([C@@H](C)CO)C(=O)c2cc(C#Cc3ccccn3)cnc2O[C@H]1CN(C)Cc1cncnc1. The van der Waals surface area contributed by atoms with Crippen molar-refractivity contribution in [2.24, 2.45) is 5.92 Å². The lowest BCUT2D eigenvalue weighted by molar-refractivity contribution is 0.0325. The Hall–Kier alpha value is -3.87. The number of pyridine rings is 2. The van der Waals surface area contributed by atoms with Gasteiger partial charge in [0, 0.05) is 61.5 Å². The summed E-state index contributed by atoms with van der Waals surface area (Å²) in [7, 11) is 2.01. The highest BCUT2D eigenvalue weighted by molar-refractivity contribution is 5.97. The number of aromatic nitrogens is 4. The largest absolute Gasteiger partial charge is 0.472 e. The van der Waals surface area contributed by atoms with Gasteiger partial charge in [-0.1, -0.05) is 18.9 Å². The second kappa shape index (κ2) is 11.7. The lowest BCUT2D eigenvalue weighted by atomic mass is 9.99. The van der Waals surface area contributed by atoms with E-state index < -0.39 is 0 Å². The summed E-state index contributed by atoms with van der Waals surface area (Å²) in [6, 6.07) is 6.86. The fourth-order valence-corrected chi connectivity index (χ4v) is 4.06. The van der Waals surface area contributed by atoms with Gasteiger partial charge >= 0.3 is 0 Å². The Morgan fingerprint density at radius 2 is 2.03 bits per heavy atom. The van der Waals surface area contributed by atoms with Crippen LogP contribution in [0.25, 0.3) is 0 Å². The maximum absolute atomic E-state index is 13.5. The molecule has 1 amide bonds. The standard InChI is InChI=1S/C27H30N6O3/c1-19-14-33(20(2)17-34)27(35)24-10-21(7-8-23-6-4-5-9-30-23)13-31-26(24)36-25(19)16-32(3)15-22-11-28-18-29-12-22/h4-6,9-13,18-20,25,34H,14-17H2,1-3H3/t19-,20+,25+/m1/s1. The van der Waals surface area contributed by atoms with Crippen LogP contribution in [0.15, 0.2) is 55.4 Å². The quantitative estimate of drug-likeness (QED) is 0.528. The second-order valence-electron chi connectivity index (χ2n) is 9.11. The molecule has 36 heavy (non-hydrogen) atoms. The third-order valence-corrected chi connectivity index (χ3v) is 6.08. The lowest BCUT2D eigenvalue weighted by Gasteiger charge is -2.37. The van der Waals surface area contributed by atoms with Gasteiger partial charge in [0.05, 0.1) is 12.6 Å². The molecule has 0 aliphatic carbocycles. The number of hydrogen-bond donors (Lipinski definition) is 1. The molecular weight excluding hydrogens is 456 g/mol. The molecule has 1 aliphatic heterocycles. The number of aliphatic hydroxyl groups is 1. The van der Waals surface area contributed by atoms with Gasteiger partial charge in [-0.2, -0.15) is 0 Å². The number of rotatable bonds is 6. The van der Waals surface area contributed by atoms with Crippen molar-refractivity contribution in [2.75, 3.05) is 26.7 Å². The van der Waals surface area contributed by atoms with Gasteiger partial charge in [-0.3, -0.25) is 9.69 Å². The van der Waals surface area contributed by atoms with Crippen LogP contribution in [-0.4, -0.2) is 79.6 Å². The fraction of sp³-hybridized carbons (Fsp3) is 0.370. The number of likely N-dealkylation sites (N-methyl/N-ethyl adjacent to an activating group) is 1. The van der Waals surface area contributed by atoms with E-state index >= 15 is 0 Å². The van der Waals surface area contributed by atoms with E-state index in [-0.39, 0.29) is 36.5 Å². The zero-order valence-electron chi connectivity index (χ0n) is 20.7. The average molecular weight is 487 g/mol. The number of hydrogen-bond acceptors (Lipinski definition) is 8. The topological polar surface area (TPSA) is 105 Å². The first-order chi connectivity index (χ1) is 17.4. The molecule has 0 bridgehead atoms. The Balaban J connectivity index is 1.63. The first-order valence-electron chi connectivity index (χ1n) is 11.9. The van der Waals surface area contributed by atoms with Crippen LogP contribution in [0.2, 0.25) is 0 Å². The zero-order valence-corrected chi connectivity index (χ0v) is 20.7. The molecule has 0 spiro atoms. The normalized spacial score (nSPS) is 18.4. The van der Waals surface area contributed by atoms with E-state index in [1.54, 1.807) is 35.8 Å². The molecule has 9 heteroatoms. The van der Waals surface area contributed by atoms with E-state index in [2.05, 4.69) is 36.7 Å². The first-order valence-corrected chi connectivity index (χ1v) is 11.9. The molecule has 4 rings (SSSR count). The highest BCUT2D eigenvalue weighted by atomic mass is 16.5. The van der Waals surface area contributed by atoms with Gasteiger partial charge in [0.2, 0.25) is 5.88 Å². The first kappa shape index (κ1) is 25.2. The van der Waals surface area contributed by atoms with Gasteiger partial charge in [-0.25, -0.2) is 19.9 Å². The minimum atomic E-state index is -0.353.